The van der Waals surface area contributed by atoms with Gasteiger partial charge in [0.05, 0.1) is 11.9 Å². The van der Waals surface area contributed by atoms with Gasteiger partial charge in [-0.1, -0.05) is 0 Å². The minimum Gasteiger partial charge on any atom is -0.440 e. The van der Waals surface area contributed by atoms with Crippen molar-refractivity contribution in [3.63, 3.8) is 0 Å². The molecule has 0 unspecified atom stereocenters. The summed E-state index contributed by atoms with van der Waals surface area (Å²) in [5, 5.41) is 3.46. The van der Waals surface area contributed by atoms with Crippen molar-refractivity contribution in [2.45, 2.75) is 37.3 Å². The average Bonchev–Trinajstić information content (AvgIpc) is 3.58. The van der Waals surface area contributed by atoms with Crippen molar-refractivity contribution < 1.29 is 14.0 Å². The van der Waals surface area contributed by atoms with Gasteiger partial charge in [-0.05, 0) is 50.6 Å². The van der Waals surface area contributed by atoms with Crippen LogP contribution in [0, 0.1) is 0 Å². The number of oxazole rings is 1. The molecule has 3 fully saturated rings. The van der Waals surface area contributed by atoms with E-state index in [4.69, 9.17) is 9.40 Å². The van der Waals surface area contributed by atoms with Crippen LogP contribution in [0.15, 0.2) is 22.6 Å². The Bertz CT molecular complexity index is 995. The number of rotatable bonds is 4. The monoisotopic (exact) mass is 457 g/mol. The molecule has 0 radical (unpaired) electrons. The first-order chi connectivity index (χ1) is 15.5. The van der Waals surface area contributed by atoms with E-state index in [9.17, 15) is 9.59 Å². The Hall–Kier alpha value is -2.10. The predicted molar refractivity (Wildman–Crippen MR) is 125 cm³/mol. The summed E-state index contributed by atoms with van der Waals surface area (Å²) >= 11 is 1.83. The van der Waals surface area contributed by atoms with Gasteiger partial charge in [0.2, 0.25) is 5.91 Å². The molecule has 2 atom stereocenters. The third-order valence-corrected chi connectivity index (χ3v) is 7.89. The van der Waals surface area contributed by atoms with Gasteiger partial charge in [0.1, 0.15) is 5.52 Å². The molecule has 1 aromatic heterocycles. The number of amides is 2. The fraction of sp³-hybridized carbons (Fsp3) is 0.609. The second-order valence-corrected chi connectivity index (χ2v) is 10.3. The first-order valence-electron chi connectivity index (χ1n) is 11.5. The maximum atomic E-state index is 12.7. The second kappa shape index (κ2) is 9.03. The van der Waals surface area contributed by atoms with Crippen molar-refractivity contribution in [2.24, 2.45) is 0 Å². The van der Waals surface area contributed by atoms with E-state index in [1.165, 1.54) is 0 Å². The van der Waals surface area contributed by atoms with E-state index in [2.05, 4.69) is 10.2 Å². The number of thioether (sulfide) groups is 1. The molecule has 172 valence electrons. The van der Waals surface area contributed by atoms with Gasteiger partial charge in [0, 0.05) is 50.5 Å². The predicted octanol–water partition coefficient (Wildman–Crippen LogP) is 1.97. The highest BCUT2D eigenvalue weighted by Gasteiger charge is 2.37. The van der Waals surface area contributed by atoms with Gasteiger partial charge >= 0.3 is 0 Å². The van der Waals surface area contributed by atoms with Crippen LogP contribution in [-0.4, -0.2) is 95.5 Å². The smallest absolute Gasteiger partial charge is 0.253 e. The molecule has 3 aliphatic heterocycles. The molecule has 9 heteroatoms. The number of benzene rings is 1. The maximum absolute atomic E-state index is 12.7. The number of piperidine rings is 1. The molecule has 1 N–H and O–H groups in total. The third-order valence-electron chi connectivity index (χ3n) is 6.92. The first-order valence-corrected chi connectivity index (χ1v) is 12.6. The van der Waals surface area contributed by atoms with E-state index < -0.39 is 0 Å². The second-order valence-electron chi connectivity index (χ2n) is 9.23. The molecule has 1 aromatic carbocycles. The lowest BCUT2D eigenvalue weighted by atomic mass is 9.95. The van der Waals surface area contributed by atoms with Gasteiger partial charge in [0.15, 0.2) is 11.5 Å². The van der Waals surface area contributed by atoms with Gasteiger partial charge in [-0.3, -0.25) is 14.5 Å². The summed E-state index contributed by atoms with van der Waals surface area (Å²) in [6.07, 6.45) is 2.89. The summed E-state index contributed by atoms with van der Waals surface area (Å²) in [5.41, 5.74) is 2.11. The summed E-state index contributed by atoms with van der Waals surface area (Å²) in [6.45, 7) is 3.74. The highest BCUT2D eigenvalue weighted by atomic mass is 32.2. The van der Waals surface area contributed by atoms with Crippen LogP contribution in [-0.2, 0) is 4.79 Å². The Morgan fingerprint density at radius 2 is 2.03 bits per heavy atom. The lowest BCUT2D eigenvalue weighted by Gasteiger charge is -2.34. The van der Waals surface area contributed by atoms with E-state index in [0.29, 0.717) is 17.5 Å². The molecule has 8 nitrogen and oxygen atoms in total. The number of nitrogens with zero attached hydrogens (tertiary/aromatic N) is 4. The van der Waals surface area contributed by atoms with E-state index in [-0.39, 0.29) is 17.9 Å². The van der Waals surface area contributed by atoms with Gasteiger partial charge in [-0.2, -0.15) is 0 Å². The largest absolute Gasteiger partial charge is 0.440 e. The van der Waals surface area contributed by atoms with E-state index in [1.54, 1.807) is 25.1 Å². The van der Waals surface area contributed by atoms with Crippen molar-refractivity contribution in [1.82, 2.24) is 25.0 Å². The average molecular weight is 458 g/mol. The van der Waals surface area contributed by atoms with Crippen molar-refractivity contribution in [3.05, 3.63) is 29.7 Å². The van der Waals surface area contributed by atoms with Crippen LogP contribution in [0.5, 0.6) is 0 Å². The minimum absolute atomic E-state index is 0.0322. The lowest BCUT2D eigenvalue weighted by molar-refractivity contribution is -0.131. The Balaban J connectivity index is 1.18. The number of hydrogen-bond acceptors (Lipinski definition) is 7. The van der Waals surface area contributed by atoms with Gasteiger partial charge < -0.3 is 19.5 Å². The quantitative estimate of drug-likeness (QED) is 0.752. The number of fused-ring (bicyclic) bond motifs is 1. The Morgan fingerprint density at radius 3 is 2.75 bits per heavy atom. The molecular formula is C23H31N5O3S. The van der Waals surface area contributed by atoms with Crippen LogP contribution in [0.1, 0.15) is 41.4 Å². The molecule has 32 heavy (non-hydrogen) atoms. The molecule has 5 rings (SSSR count). The minimum atomic E-state index is -0.0347. The number of likely N-dealkylation sites (tertiary alicyclic amines) is 1. The molecule has 0 saturated carbocycles. The first kappa shape index (κ1) is 21.7. The van der Waals surface area contributed by atoms with Crippen molar-refractivity contribution >= 4 is 34.7 Å². The number of hydrogen-bond donors (Lipinski definition) is 1. The van der Waals surface area contributed by atoms with Gasteiger partial charge in [0.25, 0.3) is 5.91 Å². The summed E-state index contributed by atoms with van der Waals surface area (Å²) in [5.74, 6) is 3.19. The van der Waals surface area contributed by atoms with Crippen LogP contribution in [0.25, 0.3) is 11.1 Å². The summed E-state index contributed by atoms with van der Waals surface area (Å²) in [6, 6.07) is 5.85. The maximum Gasteiger partial charge on any atom is 0.253 e. The van der Waals surface area contributed by atoms with E-state index >= 15 is 0 Å². The Kier molecular flexibility index (Phi) is 6.14. The van der Waals surface area contributed by atoms with Crippen molar-refractivity contribution in [1.29, 1.82) is 0 Å². The molecule has 4 heterocycles. The molecule has 0 bridgehead atoms. The van der Waals surface area contributed by atoms with Crippen LogP contribution < -0.4 is 5.32 Å². The molecule has 0 aliphatic carbocycles. The molecule has 3 aliphatic rings. The number of nitrogens with one attached hydrogen (secondary N) is 1. The summed E-state index contributed by atoms with van der Waals surface area (Å²) < 4.78 is 6.05. The molecule has 3 saturated heterocycles. The molecular weight excluding hydrogens is 426 g/mol. The Labute approximate surface area is 192 Å². The van der Waals surface area contributed by atoms with Crippen LogP contribution >= 0.6 is 11.8 Å². The van der Waals surface area contributed by atoms with Gasteiger partial charge in [-0.25, -0.2) is 4.98 Å². The highest BCUT2D eigenvalue weighted by molar-refractivity contribution is 7.99. The number of aromatic nitrogens is 1. The van der Waals surface area contributed by atoms with Crippen molar-refractivity contribution in [2.75, 3.05) is 51.9 Å². The van der Waals surface area contributed by atoms with E-state index in [1.807, 2.05) is 28.8 Å². The van der Waals surface area contributed by atoms with E-state index in [0.717, 1.165) is 74.1 Å². The zero-order chi connectivity index (χ0) is 22.2. The fourth-order valence-electron chi connectivity index (χ4n) is 5.01. The summed E-state index contributed by atoms with van der Waals surface area (Å²) in [4.78, 5) is 35.7. The standard InChI is InChI=1S/C23H31N5O3S/c1-26(2)22(29)16-3-4-20-18(11-16)25-21(31-20)15-5-7-27(8-6-15)17-12-19(24-13-17)23(30)28-9-10-32-14-28/h3-4,11,15,17,19,24H,5-10,12-14H2,1-2H3/t17-,19-/m0/s1. The van der Waals surface area contributed by atoms with Crippen molar-refractivity contribution in [3.8, 4) is 0 Å². The molecule has 0 spiro atoms. The van der Waals surface area contributed by atoms with Crippen LogP contribution in [0.2, 0.25) is 0 Å². The molecule has 2 aromatic rings. The van der Waals surface area contributed by atoms with Crippen LogP contribution in [0.4, 0.5) is 0 Å². The normalized spacial score (nSPS) is 25.0. The number of carbonyl (C=O) groups excluding carboxylic acids is 2. The lowest BCUT2D eigenvalue weighted by Crippen LogP contribution is -2.42. The fourth-order valence-corrected chi connectivity index (χ4v) is 5.97. The zero-order valence-corrected chi connectivity index (χ0v) is 19.6. The van der Waals surface area contributed by atoms with Crippen LogP contribution in [0.3, 0.4) is 0 Å². The van der Waals surface area contributed by atoms with Gasteiger partial charge in [-0.15, -0.1) is 11.8 Å². The third kappa shape index (κ3) is 4.25. The number of carbonyl (C=O) groups is 2. The Morgan fingerprint density at radius 1 is 1.22 bits per heavy atom. The zero-order valence-electron chi connectivity index (χ0n) is 18.7. The SMILES string of the molecule is CN(C)C(=O)c1ccc2oc(C3CCN([C@@H]4CN[C@H](C(=O)N5CCSC5)C4)CC3)nc2c1. The summed E-state index contributed by atoms with van der Waals surface area (Å²) in [7, 11) is 3.50. The highest BCUT2D eigenvalue weighted by Crippen LogP contribution is 2.32. The topological polar surface area (TPSA) is 81.9 Å². The molecule has 2 amide bonds.